The summed E-state index contributed by atoms with van der Waals surface area (Å²) < 4.78 is 27.0. The minimum absolute atomic E-state index is 0.180. The number of aryl methyl sites for hydroxylation is 1. The van der Waals surface area contributed by atoms with Gasteiger partial charge in [-0.05, 0) is 29.7 Å². The molecule has 0 fully saturated rings. The van der Waals surface area contributed by atoms with Gasteiger partial charge in [0.05, 0.1) is 23.0 Å². The topological polar surface area (TPSA) is 98.0 Å². The van der Waals surface area contributed by atoms with Crippen molar-refractivity contribution in [1.82, 2.24) is 9.97 Å². The van der Waals surface area contributed by atoms with Gasteiger partial charge in [-0.15, -0.1) is 0 Å². The molecule has 0 amide bonds. The van der Waals surface area contributed by atoms with Crippen LogP contribution in [0.5, 0.6) is 0 Å². The fraction of sp³-hybridized carbons (Fsp3) is 0.231. The third kappa shape index (κ3) is 3.12. The number of nitrogens with two attached hydrogens (primary N) is 1. The zero-order valence-electron chi connectivity index (χ0n) is 11.1. The summed E-state index contributed by atoms with van der Waals surface area (Å²) in [6.07, 6.45) is 4.94. The van der Waals surface area contributed by atoms with Crippen LogP contribution in [-0.4, -0.2) is 18.4 Å². The third-order valence-corrected chi connectivity index (χ3v) is 4.28. The molecule has 2 rings (SSSR count). The van der Waals surface area contributed by atoms with Crippen molar-refractivity contribution in [1.29, 1.82) is 0 Å². The van der Waals surface area contributed by atoms with Gasteiger partial charge in [0.2, 0.25) is 0 Å². The molecule has 1 aromatic carbocycles. The fourth-order valence-corrected chi connectivity index (χ4v) is 2.95. The molecule has 1 aromatic heterocycles. The first-order valence-corrected chi connectivity index (χ1v) is 7.65. The summed E-state index contributed by atoms with van der Waals surface area (Å²) >= 11 is 0. The Hall–Kier alpha value is -1.99. The summed E-state index contributed by atoms with van der Waals surface area (Å²) in [4.78, 5) is 7.71. The van der Waals surface area contributed by atoms with Gasteiger partial charge >= 0.3 is 0 Å². The molecule has 0 aliphatic carbocycles. The second kappa shape index (κ2) is 5.98. The van der Waals surface area contributed by atoms with Crippen LogP contribution in [0.15, 0.2) is 41.8 Å². The second-order valence-electron chi connectivity index (χ2n) is 4.22. The van der Waals surface area contributed by atoms with Gasteiger partial charge in [-0.1, -0.05) is 13.0 Å². The van der Waals surface area contributed by atoms with Crippen LogP contribution < -0.4 is 10.5 Å². The maximum absolute atomic E-state index is 12.3. The lowest BCUT2D eigenvalue weighted by Crippen LogP contribution is -2.14. The Bertz CT molecular complexity index is 687. The molecular formula is C13H16N4O2S. The zero-order chi connectivity index (χ0) is 14.6. The average Bonchev–Trinajstić information content (AvgIpc) is 2.47. The quantitative estimate of drug-likeness (QED) is 0.865. The van der Waals surface area contributed by atoms with E-state index in [0.29, 0.717) is 12.2 Å². The highest BCUT2D eigenvalue weighted by molar-refractivity contribution is 7.92. The molecule has 1 heterocycles. The van der Waals surface area contributed by atoms with Gasteiger partial charge in [0.1, 0.15) is 6.33 Å². The Morgan fingerprint density at radius 1 is 1.20 bits per heavy atom. The van der Waals surface area contributed by atoms with Gasteiger partial charge < -0.3 is 5.73 Å². The maximum atomic E-state index is 12.3. The highest BCUT2D eigenvalue weighted by Gasteiger charge is 2.15. The van der Waals surface area contributed by atoms with Crippen LogP contribution in [0.25, 0.3) is 0 Å². The molecular weight excluding hydrogens is 276 g/mol. The van der Waals surface area contributed by atoms with Crippen molar-refractivity contribution in [3.8, 4) is 0 Å². The Labute approximate surface area is 118 Å². The van der Waals surface area contributed by atoms with E-state index in [9.17, 15) is 8.42 Å². The molecule has 20 heavy (non-hydrogen) atoms. The van der Waals surface area contributed by atoms with E-state index in [1.165, 1.54) is 18.7 Å². The normalized spacial score (nSPS) is 11.3. The Morgan fingerprint density at radius 2 is 1.90 bits per heavy atom. The minimum Gasteiger partial charge on any atom is -0.326 e. The molecule has 0 bridgehead atoms. The molecule has 0 atom stereocenters. The van der Waals surface area contributed by atoms with E-state index >= 15 is 0 Å². The number of hydrogen-bond acceptors (Lipinski definition) is 5. The smallest absolute Gasteiger partial charge is 0.262 e. The van der Waals surface area contributed by atoms with Gasteiger partial charge in [0.25, 0.3) is 10.0 Å². The van der Waals surface area contributed by atoms with Crippen molar-refractivity contribution in [2.24, 2.45) is 5.73 Å². The Kier molecular flexibility index (Phi) is 4.31. The van der Waals surface area contributed by atoms with Crippen molar-refractivity contribution in [2.45, 2.75) is 24.8 Å². The monoisotopic (exact) mass is 292 g/mol. The molecule has 3 N–H and O–H groups in total. The van der Waals surface area contributed by atoms with E-state index in [-0.39, 0.29) is 4.90 Å². The largest absolute Gasteiger partial charge is 0.326 e. The molecule has 0 aliphatic rings. The van der Waals surface area contributed by atoms with E-state index in [2.05, 4.69) is 14.7 Å². The molecule has 7 heteroatoms. The van der Waals surface area contributed by atoms with Crippen LogP contribution in [-0.2, 0) is 23.0 Å². The van der Waals surface area contributed by atoms with Crippen molar-refractivity contribution in [2.75, 3.05) is 4.72 Å². The Balaban J connectivity index is 2.35. The van der Waals surface area contributed by atoms with Gasteiger partial charge in [-0.3, -0.25) is 4.72 Å². The van der Waals surface area contributed by atoms with E-state index in [1.807, 2.05) is 6.92 Å². The van der Waals surface area contributed by atoms with Crippen LogP contribution in [0, 0.1) is 0 Å². The number of aromatic nitrogens is 2. The van der Waals surface area contributed by atoms with Gasteiger partial charge in [0.15, 0.2) is 0 Å². The summed E-state index contributed by atoms with van der Waals surface area (Å²) in [6.45, 7) is 2.31. The van der Waals surface area contributed by atoms with Crippen LogP contribution in [0.4, 0.5) is 5.69 Å². The molecule has 2 aromatic rings. The number of hydrogen-bond donors (Lipinski definition) is 2. The lowest BCUT2D eigenvalue weighted by molar-refractivity contribution is 0.601. The van der Waals surface area contributed by atoms with E-state index in [4.69, 9.17) is 5.73 Å². The summed E-state index contributed by atoms with van der Waals surface area (Å²) in [5.74, 6) is 0. The molecule has 0 radical (unpaired) electrons. The van der Waals surface area contributed by atoms with E-state index in [1.54, 1.807) is 18.2 Å². The molecule has 106 valence electrons. The fourth-order valence-electron chi connectivity index (χ4n) is 1.87. The molecule has 0 unspecified atom stereocenters. The molecule has 0 spiro atoms. The molecule has 0 aliphatic heterocycles. The number of benzene rings is 1. The lowest BCUT2D eigenvalue weighted by Gasteiger charge is -2.11. The minimum atomic E-state index is -3.66. The molecule has 0 saturated carbocycles. The first-order chi connectivity index (χ1) is 9.56. The van der Waals surface area contributed by atoms with Crippen molar-refractivity contribution in [3.05, 3.63) is 48.0 Å². The Morgan fingerprint density at radius 3 is 2.50 bits per heavy atom. The summed E-state index contributed by atoms with van der Waals surface area (Å²) in [5.41, 5.74) is 7.86. The first-order valence-electron chi connectivity index (χ1n) is 6.16. The maximum Gasteiger partial charge on any atom is 0.262 e. The third-order valence-electron chi connectivity index (χ3n) is 2.90. The SMILES string of the molecule is CCc1ccc(S(=O)(=O)Nc2cncnc2)cc1CN. The lowest BCUT2D eigenvalue weighted by atomic mass is 10.1. The van der Waals surface area contributed by atoms with Crippen LogP contribution in [0.2, 0.25) is 0 Å². The van der Waals surface area contributed by atoms with Crippen molar-refractivity contribution >= 4 is 15.7 Å². The van der Waals surface area contributed by atoms with Crippen LogP contribution in [0.3, 0.4) is 0 Å². The van der Waals surface area contributed by atoms with Crippen molar-refractivity contribution in [3.63, 3.8) is 0 Å². The van der Waals surface area contributed by atoms with Crippen molar-refractivity contribution < 1.29 is 8.42 Å². The zero-order valence-corrected chi connectivity index (χ0v) is 11.9. The van der Waals surface area contributed by atoms with E-state index < -0.39 is 10.0 Å². The molecule has 0 saturated heterocycles. The van der Waals surface area contributed by atoms with Crippen LogP contribution >= 0.6 is 0 Å². The predicted molar refractivity (Wildman–Crippen MR) is 76.6 cm³/mol. The second-order valence-corrected chi connectivity index (χ2v) is 5.90. The number of nitrogens with zero attached hydrogens (tertiary/aromatic N) is 2. The average molecular weight is 292 g/mol. The summed E-state index contributed by atoms with van der Waals surface area (Å²) in [6, 6.07) is 4.97. The number of nitrogens with one attached hydrogen (secondary N) is 1. The van der Waals surface area contributed by atoms with Crippen LogP contribution in [0.1, 0.15) is 18.1 Å². The molecule has 6 nitrogen and oxygen atoms in total. The van der Waals surface area contributed by atoms with Gasteiger partial charge in [-0.25, -0.2) is 18.4 Å². The number of anilines is 1. The number of sulfonamides is 1. The highest BCUT2D eigenvalue weighted by Crippen LogP contribution is 2.19. The summed E-state index contributed by atoms with van der Waals surface area (Å²) in [5, 5.41) is 0. The van der Waals surface area contributed by atoms with Gasteiger partial charge in [0, 0.05) is 6.54 Å². The number of rotatable bonds is 5. The first kappa shape index (κ1) is 14.4. The standard InChI is InChI=1S/C13H16N4O2S/c1-2-10-3-4-13(5-11(10)6-14)20(18,19)17-12-7-15-9-16-8-12/h3-5,7-9,17H,2,6,14H2,1H3. The van der Waals surface area contributed by atoms with Gasteiger partial charge in [-0.2, -0.15) is 0 Å². The predicted octanol–water partition coefficient (Wildman–Crippen LogP) is 1.30. The van der Waals surface area contributed by atoms with E-state index in [0.717, 1.165) is 17.5 Å². The summed E-state index contributed by atoms with van der Waals surface area (Å²) in [7, 11) is -3.66. The highest BCUT2D eigenvalue weighted by atomic mass is 32.2.